The predicted molar refractivity (Wildman–Crippen MR) is 103 cm³/mol. The number of carbonyl (C=O) groups excluding carboxylic acids is 2. The normalized spacial score (nSPS) is 16.9. The summed E-state index contributed by atoms with van der Waals surface area (Å²) in [5.41, 5.74) is 1.02. The van der Waals surface area contributed by atoms with Crippen molar-refractivity contribution in [3.63, 3.8) is 0 Å². The average molecular weight is 378 g/mol. The Morgan fingerprint density at radius 1 is 1.15 bits per heavy atom. The lowest BCUT2D eigenvalue weighted by atomic mass is 9.96. The predicted octanol–water partition coefficient (Wildman–Crippen LogP) is 1.27. The molecule has 3 N–H and O–H groups in total. The molecule has 7 heteroatoms. The summed E-state index contributed by atoms with van der Waals surface area (Å²) in [5, 5.41) is 5.39. The number of imide groups is 1. The first-order valence-corrected chi connectivity index (χ1v) is 9.59. The Hall–Kier alpha value is -2.28. The number of likely N-dealkylation sites (N-methyl/N-ethyl adjacent to an activating group) is 1. The first-order chi connectivity index (χ1) is 12.9. The van der Waals surface area contributed by atoms with E-state index in [1.54, 1.807) is 14.2 Å². The van der Waals surface area contributed by atoms with Gasteiger partial charge in [-0.2, -0.15) is 0 Å². The van der Waals surface area contributed by atoms with Crippen LogP contribution in [-0.4, -0.2) is 45.3 Å². The van der Waals surface area contributed by atoms with E-state index < -0.39 is 6.03 Å². The number of carbonyl (C=O) groups is 2. The van der Waals surface area contributed by atoms with Crippen LogP contribution >= 0.6 is 0 Å². The van der Waals surface area contributed by atoms with E-state index in [0.29, 0.717) is 18.0 Å². The second-order valence-corrected chi connectivity index (χ2v) is 7.23. The number of nitrogens with one attached hydrogen (secondary N) is 3. The van der Waals surface area contributed by atoms with Crippen molar-refractivity contribution in [1.29, 1.82) is 0 Å². The lowest BCUT2D eigenvalue weighted by Gasteiger charge is -2.24. The lowest BCUT2D eigenvalue weighted by molar-refractivity contribution is -0.908. The van der Waals surface area contributed by atoms with Gasteiger partial charge in [0.25, 0.3) is 5.91 Å². The van der Waals surface area contributed by atoms with E-state index in [1.165, 1.54) is 6.42 Å². The van der Waals surface area contributed by atoms with Crippen LogP contribution in [0.2, 0.25) is 0 Å². The van der Waals surface area contributed by atoms with Gasteiger partial charge < -0.3 is 19.7 Å². The Labute approximate surface area is 161 Å². The van der Waals surface area contributed by atoms with E-state index in [4.69, 9.17) is 9.47 Å². The third-order valence-corrected chi connectivity index (χ3v) is 5.24. The molecular weight excluding hydrogens is 346 g/mol. The number of urea groups is 1. The van der Waals surface area contributed by atoms with Crippen molar-refractivity contribution in [3.8, 4) is 11.5 Å². The number of quaternary nitrogens is 1. The highest BCUT2D eigenvalue weighted by Crippen LogP contribution is 2.27. The molecular formula is C20H32N3O4+. The molecule has 0 bridgehead atoms. The van der Waals surface area contributed by atoms with Crippen molar-refractivity contribution >= 4 is 11.9 Å². The molecule has 2 rings (SSSR count). The molecule has 1 aliphatic rings. The fourth-order valence-corrected chi connectivity index (χ4v) is 3.38. The van der Waals surface area contributed by atoms with Gasteiger partial charge in [0.2, 0.25) is 0 Å². The van der Waals surface area contributed by atoms with Crippen LogP contribution in [0.25, 0.3) is 0 Å². The van der Waals surface area contributed by atoms with Gasteiger partial charge in [0.1, 0.15) is 6.54 Å². The Morgan fingerprint density at radius 2 is 1.81 bits per heavy atom. The zero-order valence-electron chi connectivity index (χ0n) is 16.8. The third kappa shape index (κ3) is 6.13. The Bertz CT molecular complexity index is 644. The molecule has 1 aromatic rings. The summed E-state index contributed by atoms with van der Waals surface area (Å²) in [7, 11) is 5.12. The van der Waals surface area contributed by atoms with Crippen LogP contribution in [0.1, 0.15) is 44.6 Å². The van der Waals surface area contributed by atoms with Crippen LogP contribution in [0.3, 0.4) is 0 Å². The van der Waals surface area contributed by atoms with E-state index in [-0.39, 0.29) is 18.0 Å². The molecule has 7 nitrogen and oxygen atoms in total. The van der Waals surface area contributed by atoms with Crippen molar-refractivity contribution in [2.24, 2.45) is 0 Å². The Kier molecular flexibility index (Phi) is 7.91. The Balaban J connectivity index is 1.86. The zero-order valence-corrected chi connectivity index (χ0v) is 16.8. The van der Waals surface area contributed by atoms with Gasteiger partial charge in [-0.3, -0.25) is 10.1 Å². The van der Waals surface area contributed by atoms with Gasteiger partial charge in [0.05, 0.1) is 21.3 Å². The summed E-state index contributed by atoms with van der Waals surface area (Å²) < 4.78 is 10.6. The fraction of sp³-hybridized carbons (Fsp3) is 0.600. The molecule has 1 saturated carbocycles. The third-order valence-electron chi connectivity index (χ3n) is 5.24. The molecule has 0 radical (unpaired) electrons. The van der Waals surface area contributed by atoms with Gasteiger partial charge in [-0.05, 0) is 38.0 Å². The minimum absolute atomic E-state index is 0.179. The van der Waals surface area contributed by atoms with Crippen LogP contribution in [0.4, 0.5) is 4.79 Å². The van der Waals surface area contributed by atoms with Crippen molar-refractivity contribution < 1.29 is 24.0 Å². The molecule has 3 amide bonds. The second kappa shape index (κ2) is 10.2. The zero-order chi connectivity index (χ0) is 19.8. The molecule has 150 valence electrons. The summed E-state index contributed by atoms with van der Waals surface area (Å²) in [5.74, 6) is 1.05. The van der Waals surface area contributed by atoms with Crippen molar-refractivity contribution in [1.82, 2.24) is 10.6 Å². The maximum atomic E-state index is 12.4. The molecule has 1 unspecified atom stereocenters. The topological polar surface area (TPSA) is 81.1 Å². The second-order valence-electron chi connectivity index (χ2n) is 7.23. The molecule has 2 atom stereocenters. The number of hydrogen-bond acceptors (Lipinski definition) is 4. The average Bonchev–Trinajstić information content (AvgIpc) is 2.67. The summed E-state index contributed by atoms with van der Waals surface area (Å²) >= 11 is 0. The van der Waals surface area contributed by atoms with Gasteiger partial charge in [-0.1, -0.05) is 19.3 Å². The van der Waals surface area contributed by atoms with Crippen molar-refractivity contribution in [3.05, 3.63) is 23.8 Å². The number of benzene rings is 1. The first-order valence-electron chi connectivity index (χ1n) is 9.59. The molecule has 0 heterocycles. The standard InChI is InChI=1S/C20H31N3O4/c1-14(19(24)22-20(25)21-16-8-6-5-7-9-16)23(2)13-15-10-11-17(26-3)18(12-15)27-4/h10-12,14,16H,5-9,13H2,1-4H3,(H2,21,22,24,25)/p+1/t14-/m1/s1. The summed E-state index contributed by atoms with van der Waals surface area (Å²) in [6, 6.07) is 5.13. The van der Waals surface area contributed by atoms with E-state index in [9.17, 15) is 9.59 Å². The molecule has 1 aromatic carbocycles. The number of ether oxygens (including phenoxy) is 2. The number of hydrogen-bond donors (Lipinski definition) is 3. The molecule has 0 aliphatic heterocycles. The SMILES string of the molecule is COc1ccc(C[NH+](C)[C@H](C)C(=O)NC(=O)NC2CCCCC2)cc1OC. The lowest BCUT2D eigenvalue weighted by Crippen LogP contribution is -3.12. The number of methoxy groups -OCH3 is 2. The minimum Gasteiger partial charge on any atom is -0.493 e. The van der Waals surface area contributed by atoms with Crippen LogP contribution in [0.15, 0.2) is 18.2 Å². The van der Waals surface area contributed by atoms with Crippen LogP contribution in [0.5, 0.6) is 11.5 Å². The van der Waals surface area contributed by atoms with Gasteiger partial charge in [0.15, 0.2) is 17.5 Å². The quantitative estimate of drug-likeness (QED) is 0.667. The molecule has 1 fully saturated rings. The van der Waals surface area contributed by atoms with Crippen LogP contribution < -0.4 is 25.0 Å². The fourth-order valence-electron chi connectivity index (χ4n) is 3.38. The largest absolute Gasteiger partial charge is 0.493 e. The molecule has 1 aliphatic carbocycles. The molecule has 0 aromatic heterocycles. The highest BCUT2D eigenvalue weighted by molar-refractivity contribution is 5.96. The van der Waals surface area contributed by atoms with Gasteiger partial charge in [0, 0.05) is 11.6 Å². The number of rotatable bonds is 7. The molecule has 0 spiro atoms. The summed E-state index contributed by atoms with van der Waals surface area (Å²) in [6.45, 7) is 2.44. The Morgan fingerprint density at radius 3 is 2.44 bits per heavy atom. The summed E-state index contributed by atoms with van der Waals surface area (Å²) in [6.07, 6.45) is 5.46. The van der Waals surface area contributed by atoms with E-state index in [2.05, 4.69) is 10.6 Å². The van der Waals surface area contributed by atoms with Crippen LogP contribution in [-0.2, 0) is 11.3 Å². The van der Waals surface area contributed by atoms with E-state index >= 15 is 0 Å². The highest BCUT2D eigenvalue weighted by Gasteiger charge is 2.25. The smallest absolute Gasteiger partial charge is 0.321 e. The minimum atomic E-state index is -0.391. The van der Waals surface area contributed by atoms with E-state index in [1.807, 2.05) is 32.2 Å². The monoisotopic (exact) mass is 378 g/mol. The maximum absolute atomic E-state index is 12.4. The highest BCUT2D eigenvalue weighted by atomic mass is 16.5. The maximum Gasteiger partial charge on any atom is 0.321 e. The molecule has 0 saturated heterocycles. The van der Waals surface area contributed by atoms with Crippen molar-refractivity contribution in [2.75, 3.05) is 21.3 Å². The molecule has 27 heavy (non-hydrogen) atoms. The van der Waals surface area contributed by atoms with Crippen molar-refractivity contribution in [2.45, 2.75) is 57.7 Å². The summed E-state index contributed by atoms with van der Waals surface area (Å²) in [4.78, 5) is 25.5. The first kappa shape index (κ1) is 21.0. The van der Waals surface area contributed by atoms with Gasteiger partial charge in [-0.25, -0.2) is 4.79 Å². The van der Waals surface area contributed by atoms with Gasteiger partial charge in [-0.15, -0.1) is 0 Å². The number of amides is 3. The van der Waals surface area contributed by atoms with Crippen LogP contribution in [0, 0.1) is 0 Å². The van der Waals surface area contributed by atoms with Gasteiger partial charge >= 0.3 is 6.03 Å². The van der Waals surface area contributed by atoms with E-state index in [0.717, 1.165) is 36.1 Å².